The second-order valence-electron chi connectivity index (χ2n) is 6.41. The van der Waals surface area contributed by atoms with Crippen LogP contribution in [0.15, 0.2) is 84.0 Å². The average Bonchev–Trinajstić information content (AvgIpc) is 2.74. The van der Waals surface area contributed by atoms with Gasteiger partial charge in [0.1, 0.15) is 6.04 Å². The second kappa shape index (κ2) is 9.51. The Hall–Kier alpha value is -3.23. The number of amides is 2. The lowest BCUT2D eigenvalue weighted by molar-refractivity contribution is -0.118. The van der Waals surface area contributed by atoms with Crippen LogP contribution in [0.3, 0.4) is 0 Å². The van der Waals surface area contributed by atoms with Crippen LogP contribution in [0.4, 0.5) is 5.69 Å². The molecule has 30 heavy (non-hydrogen) atoms. The molecule has 0 radical (unpaired) electrons. The first-order valence-corrected chi connectivity index (χ1v) is 11.2. The van der Waals surface area contributed by atoms with Crippen molar-refractivity contribution in [1.82, 2.24) is 10.3 Å². The largest absolute Gasteiger partial charge is 0.340 e. The molecule has 2 amide bonds. The van der Waals surface area contributed by atoms with Gasteiger partial charge in [0, 0.05) is 35.2 Å². The molecule has 3 aromatic rings. The third-order valence-corrected chi connectivity index (χ3v) is 5.60. The Balaban J connectivity index is 1.78. The maximum absolute atomic E-state index is 12.9. The van der Waals surface area contributed by atoms with Crippen LogP contribution >= 0.6 is 10.7 Å². The van der Waals surface area contributed by atoms with Gasteiger partial charge >= 0.3 is 0 Å². The summed E-state index contributed by atoms with van der Waals surface area (Å²) in [5.41, 5.74) is 1.57. The van der Waals surface area contributed by atoms with E-state index in [0.717, 1.165) is 5.56 Å². The summed E-state index contributed by atoms with van der Waals surface area (Å²) in [5, 5.41) is 5.42. The minimum atomic E-state index is -3.86. The van der Waals surface area contributed by atoms with Gasteiger partial charge < -0.3 is 10.6 Å². The Bertz CT molecular complexity index is 1120. The molecule has 9 heteroatoms. The monoisotopic (exact) mass is 443 g/mol. The molecule has 1 atom stereocenters. The SMILES string of the molecule is O=C(N[C@@H](Cc1ccccc1)C(=O)Nc1ccc(S(=O)(=O)Cl)cc1)c1cccnc1. The van der Waals surface area contributed by atoms with Gasteiger partial charge in [-0.25, -0.2) is 8.42 Å². The van der Waals surface area contributed by atoms with Crippen molar-refractivity contribution in [2.75, 3.05) is 5.32 Å². The summed E-state index contributed by atoms with van der Waals surface area (Å²) in [6.07, 6.45) is 3.24. The van der Waals surface area contributed by atoms with E-state index in [1.807, 2.05) is 30.3 Å². The quantitative estimate of drug-likeness (QED) is 0.546. The smallest absolute Gasteiger partial charge is 0.261 e. The number of rotatable bonds is 7. The number of hydrogen-bond acceptors (Lipinski definition) is 5. The molecule has 0 aliphatic rings. The number of pyridine rings is 1. The third-order valence-electron chi connectivity index (χ3n) is 4.23. The number of aromatic nitrogens is 1. The highest BCUT2D eigenvalue weighted by Crippen LogP contribution is 2.18. The second-order valence-corrected chi connectivity index (χ2v) is 8.97. The molecule has 0 spiro atoms. The fraction of sp³-hybridized carbons (Fsp3) is 0.0952. The number of carbonyl (C=O) groups excluding carboxylic acids is 2. The predicted octanol–water partition coefficient (Wildman–Crippen LogP) is 2.99. The highest BCUT2D eigenvalue weighted by Gasteiger charge is 2.22. The normalized spacial score (nSPS) is 12.0. The van der Waals surface area contributed by atoms with Gasteiger partial charge in [-0.05, 0) is 42.0 Å². The lowest BCUT2D eigenvalue weighted by Gasteiger charge is -2.19. The van der Waals surface area contributed by atoms with E-state index in [1.54, 1.807) is 18.3 Å². The number of carbonyl (C=O) groups is 2. The summed E-state index contributed by atoms with van der Waals surface area (Å²) in [7, 11) is 1.45. The van der Waals surface area contributed by atoms with E-state index in [0.29, 0.717) is 11.3 Å². The van der Waals surface area contributed by atoms with Crippen LogP contribution in [-0.4, -0.2) is 31.3 Å². The zero-order chi connectivity index (χ0) is 21.6. The van der Waals surface area contributed by atoms with Crippen LogP contribution < -0.4 is 10.6 Å². The van der Waals surface area contributed by atoms with Crippen molar-refractivity contribution in [3.63, 3.8) is 0 Å². The van der Waals surface area contributed by atoms with Gasteiger partial charge in [-0.15, -0.1) is 0 Å². The molecule has 0 aliphatic heterocycles. The number of hydrogen-bond donors (Lipinski definition) is 2. The van der Waals surface area contributed by atoms with Crippen molar-refractivity contribution in [2.24, 2.45) is 0 Å². The van der Waals surface area contributed by atoms with Crippen LogP contribution in [0.1, 0.15) is 15.9 Å². The molecular formula is C21H18ClN3O4S. The van der Waals surface area contributed by atoms with Crippen LogP contribution in [-0.2, 0) is 20.3 Å². The van der Waals surface area contributed by atoms with Crippen molar-refractivity contribution in [2.45, 2.75) is 17.4 Å². The Kier molecular flexibility index (Phi) is 6.81. The molecule has 3 rings (SSSR count). The molecule has 0 fully saturated rings. The van der Waals surface area contributed by atoms with Gasteiger partial charge in [0.25, 0.3) is 15.0 Å². The number of benzene rings is 2. The van der Waals surface area contributed by atoms with E-state index in [-0.39, 0.29) is 11.3 Å². The fourth-order valence-corrected chi connectivity index (χ4v) is 3.50. The maximum Gasteiger partial charge on any atom is 0.261 e. The molecule has 0 saturated carbocycles. The summed E-state index contributed by atoms with van der Waals surface area (Å²) < 4.78 is 22.7. The molecule has 0 bridgehead atoms. The molecule has 7 nitrogen and oxygen atoms in total. The zero-order valence-corrected chi connectivity index (χ0v) is 17.2. The van der Waals surface area contributed by atoms with Crippen LogP contribution in [0.5, 0.6) is 0 Å². The molecular weight excluding hydrogens is 426 g/mol. The molecule has 1 heterocycles. The van der Waals surface area contributed by atoms with E-state index in [9.17, 15) is 18.0 Å². The van der Waals surface area contributed by atoms with Gasteiger partial charge in [-0.2, -0.15) is 0 Å². The minimum Gasteiger partial charge on any atom is -0.340 e. The van der Waals surface area contributed by atoms with E-state index in [4.69, 9.17) is 10.7 Å². The van der Waals surface area contributed by atoms with Crippen molar-refractivity contribution < 1.29 is 18.0 Å². The van der Waals surface area contributed by atoms with E-state index < -0.39 is 26.9 Å². The summed E-state index contributed by atoms with van der Waals surface area (Å²) >= 11 is 0. The summed E-state index contributed by atoms with van der Waals surface area (Å²) in [6, 6.07) is 17.1. The van der Waals surface area contributed by atoms with Crippen LogP contribution in [0.25, 0.3) is 0 Å². The molecule has 0 saturated heterocycles. The summed E-state index contributed by atoms with van der Waals surface area (Å²) in [4.78, 5) is 29.3. The fourth-order valence-electron chi connectivity index (χ4n) is 2.73. The molecule has 0 unspecified atom stereocenters. The van der Waals surface area contributed by atoms with Crippen molar-refractivity contribution in [3.05, 3.63) is 90.3 Å². The van der Waals surface area contributed by atoms with Crippen molar-refractivity contribution in [1.29, 1.82) is 0 Å². The van der Waals surface area contributed by atoms with E-state index >= 15 is 0 Å². The van der Waals surface area contributed by atoms with Gasteiger partial charge in [-0.3, -0.25) is 14.6 Å². The minimum absolute atomic E-state index is 0.0760. The first-order valence-electron chi connectivity index (χ1n) is 8.93. The van der Waals surface area contributed by atoms with Crippen LogP contribution in [0, 0.1) is 0 Å². The topological polar surface area (TPSA) is 105 Å². The number of anilines is 1. The molecule has 2 N–H and O–H groups in total. The summed E-state index contributed by atoms with van der Waals surface area (Å²) in [6.45, 7) is 0. The Morgan fingerprint density at radius 1 is 0.967 bits per heavy atom. The lowest BCUT2D eigenvalue weighted by Crippen LogP contribution is -2.45. The van der Waals surface area contributed by atoms with E-state index in [1.165, 1.54) is 30.5 Å². The van der Waals surface area contributed by atoms with Gasteiger partial charge in [0.05, 0.1) is 10.5 Å². The summed E-state index contributed by atoms with van der Waals surface area (Å²) in [5.74, 6) is -0.875. The first-order chi connectivity index (χ1) is 14.3. The van der Waals surface area contributed by atoms with Crippen LogP contribution in [0.2, 0.25) is 0 Å². The molecule has 2 aromatic carbocycles. The van der Waals surface area contributed by atoms with Gasteiger partial charge in [0.2, 0.25) is 5.91 Å². The lowest BCUT2D eigenvalue weighted by atomic mass is 10.0. The zero-order valence-electron chi connectivity index (χ0n) is 15.7. The van der Waals surface area contributed by atoms with E-state index in [2.05, 4.69) is 15.6 Å². The maximum atomic E-state index is 12.9. The standard InChI is InChI=1S/C21H18ClN3O4S/c22-30(28,29)18-10-8-17(9-11-18)24-21(27)19(13-15-5-2-1-3-6-15)25-20(26)16-7-4-12-23-14-16/h1-12,14,19H,13H2,(H,24,27)(H,25,26)/t19-/m0/s1. The predicted molar refractivity (Wildman–Crippen MR) is 114 cm³/mol. The first kappa shape index (κ1) is 21.5. The third kappa shape index (κ3) is 5.88. The molecule has 154 valence electrons. The number of nitrogens with zero attached hydrogens (tertiary/aromatic N) is 1. The number of nitrogens with one attached hydrogen (secondary N) is 2. The van der Waals surface area contributed by atoms with Crippen molar-refractivity contribution >= 4 is 37.2 Å². The Morgan fingerprint density at radius 3 is 2.27 bits per heavy atom. The number of halogens is 1. The highest BCUT2D eigenvalue weighted by molar-refractivity contribution is 8.13. The molecule has 1 aromatic heterocycles. The Labute approximate surface area is 178 Å². The average molecular weight is 444 g/mol. The van der Waals surface area contributed by atoms with Gasteiger partial charge in [0.15, 0.2) is 0 Å². The van der Waals surface area contributed by atoms with Gasteiger partial charge in [-0.1, -0.05) is 30.3 Å². The molecule has 0 aliphatic carbocycles. The Morgan fingerprint density at radius 2 is 1.67 bits per heavy atom. The van der Waals surface area contributed by atoms with Crippen molar-refractivity contribution in [3.8, 4) is 0 Å². The highest BCUT2D eigenvalue weighted by atomic mass is 35.7.